The Kier molecular flexibility index (Phi) is 1.58. The highest BCUT2D eigenvalue weighted by Crippen LogP contribution is 2.19. The van der Waals surface area contributed by atoms with Gasteiger partial charge in [-0.3, -0.25) is 4.40 Å². The monoisotopic (exact) mass is 225 g/mol. The van der Waals surface area contributed by atoms with Crippen LogP contribution in [0.1, 0.15) is 5.69 Å². The Hall–Kier alpha value is -1.03. The minimum Gasteiger partial charge on any atom is -0.383 e. The second kappa shape index (κ2) is 2.48. The number of fused-ring (bicyclic) bond motifs is 1. The molecule has 0 saturated carbocycles. The highest BCUT2D eigenvalue weighted by molar-refractivity contribution is 9.10. The summed E-state index contributed by atoms with van der Waals surface area (Å²) in [5.74, 6) is 0.692. The fourth-order valence-corrected chi connectivity index (χ4v) is 1.71. The number of pyridine rings is 1. The van der Waals surface area contributed by atoms with Gasteiger partial charge in [-0.25, -0.2) is 4.98 Å². The van der Waals surface area contributed by atoms with Gasteiger partial charge < -0.3 is 5.73 Å². The van der Waals surface area contributed by atoms with Crippen molar-refractivity contribution in [3.63, 3.8) is 0 Å². The zero-order valence-corrected chi connectivity index (χ0v) is 8.17. The maximum atomic E-state index is 5.81. The average Bonchev–Trinajstić information content (AvgIpc) is 2.29. The zero-order valence-electron chi connectivity index (χ0n) is 6.58. The molecule has 2 rings (SSSR count). The van der Waals surface area contributed by atoms with Gasteiger partial charge in [0.1, 0.15) is 11.5 Å². The van der Waals surface area contributed by atoms with Crippen molar-refractivity contribution in [3.05, 3.63) is 28.5 Å². The molecule has 0 aliphatic heterocycles. The zero-order chi connectivity index (χ0) is 8.72. The van der Waals surface area contributed by atoms with Crippen LogP contribution in [0.4, 0.5) is 5.82 Å². The lowest BCUT2D eigenvalue weighted by molar-refractivity contribution is 1.15. The third kappa shape index (κ3) is 0.914. The number of hydrogen-bond acceptors (Lipinski definition) is 2. The number of aryl methyl sites for hydroxylation is 1. The normalized spacial score (nSPS) is 10.8. The van der Waals surface area contributed by atoms with Crippen molar-refractivity contribution in [1.82, 2.24) is 9.38 Å². The number of aromatic nitrogens is 2. The van der Waals surface area contributed by atoms with Gasteiger partial charge >= 0.3 is 0 Å². The molecule has 0 aromatic carbocycles. The molecule has 0 radical (unpaired) electrons. The van der Waals surface area contributed by atoms with E-state index in [9.17, 15) is 0 Å². The van der Waals surface area contributed by atoms with Crippen molar-refractivity contribution in [2.24, 2.45) is 0 Å². The molecule has 0 aliphatic rings. The number of nitrogens with two attached hydrogens (primary N) is 1. The van der Waals surface area contributed by atoms with Crippen LogP contribution in [0.5, 0.6) is 0 Å². The second-order valence-corrected chi connectivity index (χ2v) is 3.44. The van der Waals surface area contributed by atoms with E-state index in [-0.39, 0.29) is 0 Å². The number of nitrogen functional groups attached to an aromatic ring is 1. The predicted molar refractivity (Wildman–Crippen MR) is 52.0 cm³/mol. The van der Waals surface area contributed by atoms with E-state index < -0.39 is 0 Å². The van der Waals surface area contributed by atoms with Crippen LogP contribution in [0.25, 0.3) is 5.65 Å². The Morgan fingerprint density at radius 1 is 1.50 bits per heavy atom. The maximum Gasteiger partial charge on any atom is 0.139 e. The molecule has 0 bridgehead atoms. The second-order valence-electron chi connectivity index (χ2n) is 2.62. The highest BCUT2D eigenvalue weighted by Gasteiger charge is 2.05. The van der Waals surface area contributed by atoms with Crippen LogP contribution in [-0.4, -0.2) is 9.38 Å². The van der Waals surface area contributed by atoms with Gasteiger partial charge in [0.05, 0.1) is 10.3 Å². The fourth-order valence-electron chi connectivity index (χ4n) is 1.19. The number of halogens is 1. The first-order valence-corrected chi connectivity index (χ1v) is 4.38. The Labute approximate surface area is 78.3 Å². The van der Waals surface area contributed by atoms with Crippen molar-refractivity contribution in [2.75, 3.05) is 5.73 Å². The molecule has 3 nitrogen and oxygen atoms in total. The molecule has 2 aromatic rings. The first-order valence-electron chi connectivity index (χ1n) is 3.59. The molecule has 2 aromatic heterocycles. The van der Waals surface area contributed by atoms with Gasteiger partial charge in [-0.05, 0) is 35.0 Å². The van der Waals surface area contributed by atoms with E-state index in [1.54, 1.807) is 0 Å². The highest BCUT2D eigenvalue weighted by atomic mass is 79.9. The first kappa shape index (κ1) is 7.61. The summed E-state index contributed by atoms with van der Waals surface area (Å²) in [5.41, 5.74) is 7.55. The Bertz CT molecular complexity index is 433. The third-order valence-electron chi connectivity index (χ3n) is 1.82. The SMILES string of the molecule is Cc1nc2cccc(Br)n2c1N. The van der Waals surface area contributed by atoms with Crippen molar-refractivity contribution in [1.29, 1.82) is 0 Å². The van der Waals surface area contributed by atoms with E-state index in [0.29, 0.717) is 5.82 Å². The molecule has 4 heteroatoms. The third-order valence-corrected chi connectivity index (χ3v) is 2.43. The molecule has 62 valence electrons. The number of hydrogen-bond donors (Lipinski definition) is 1. The van der Waals surface area contributed by atoms with Gasteiger partial charge in [-0.15, -0.1) is 0 Å². The van der Waals surface area contributed by atoms with Gasteiger partial charge in [-0.2, -0.15) is 0 Å². The molecule has 0 spiro atoms. The summed E-state index contributed by atoms with van der Waals surface area (Å²) in [6, 6.07) is 5.80. The van der Waals surface area contributed by atoms with E-state index in [2.05, 4.69) is 20.9 Å². The van der Waals surface area contributed by atoms with Crippen molar-refractivity contribution in [3.8, 4) is 0 Å². The van der Waals surface area contributed by atoms with Crippen LogP contribution < -0.4 is 5.73 Å². The van der Waals surface area contributed by atoms with Crippen LogP contribution in [0, 0.1) is 6.92 Å². The van der Waals surface area contributed by atoms with E-state index in [0.717, 1.165) is 15.9 Å². The number of anilines is 1. The lowest BCUT2D eigenvalue weighted by Gasteiger charge is -1.98. The van der Waals surface area contributed by atoms with Gasteiger partial charge in [0.15, 0.2) is 0 Å². The Balaban J connectivity index is 2.97. The van der Waals surface area contributed by atoms with E-state index in [1.165, 1.54) is 0 Å². The molecule has 0 atom stereocenters. The standard InChI is InChI=1S/C8H8BrN3/c1-5-8(10)12-6(9)3-2-4-7(12)11-5/h2-4H,10H2,1H3. The fraction of sp³-hybridized carbons (Fsp3) is 0.125. The molecule has 0 amide bonds. The first-order chi connectivity index (χ1) is 5.70. The summed E-state index contributed by atoms with van der Waals surface area (Å²) >= 11 is 3.40. The molecular weight excluding hydrogens is 218 g/mol. The molecule has 2 heterocycles. The largest absolute Gasteiger partial charge is 0.383 e. The summed E-state index contributed by atoms with van der Waals surface area (Å²) in [4.78, 5) is 4.28. The van der Waals surface area contributed by atoms with Crippen molar-refractivity contribution < 1.29 is 0 Å². The number of rotatable bonds is 0. The Morgan fingerprint density at radius 3 is 2.92 bits per heavy atom. The summed E-state index contributed by atoms with van der Waals surface area (Å²) < 4.78 is 2.80. The topological polar surface area (TPSA) is 43.3 Å². The lowest BCUT2D eigenvalue weighted by Crippen LogP contribution is -1.94. The molecular formula is C8H8BrN3. The summed E-state index contributed by atoms with van der Waals surface area (Å²) in [6.45, 7) is 1.90. The summed E-state index contributed by atoms with van der Waals surface area (Å²) in [7, 11) is 0. The van der Waals surface area contributed by atoms with Crippen LogP contribution >= 0.6 is 15.9 Å². The van der Waals surface area contributed by atoms with Crippen LogP contribution in [0.2, 0.25) is 0 Å². The van der Waals surface area contributed by atoms with E-state index in [4.69, 9.17) is 5.73 Å². The Morgan fingerprint density at radius 2 is 2.25 bits per heavy atom. The number of nitrogens with zero attached hydrogens (tertiary/aromatic N) is 2. The van der Waals surface area contributed by atoms with Crippen LogP contribution in [0.3, 0.4) is 0 Å². The van der Waals surface area contributed by atoms with E-state index >= 15 is 0 Å². The lowest BCUT2D eigenvalue weighted by atomic mass is 10.5. The molecule has 12 heavy (non-hydrogen) atoms. The molecule has 0 saturated heterocycles. The number of imidazole rings is 1. The summed E-state index contributed by atoms with van der Waals surface area (Å²) in [6.07, 6.45) is 0. The minimum atomic E-state index is 0.692. The maximum absolute atomic E-state index is 5.81. The molecule has 0 unspecified atom stereocenters. The smallest absolute Gasteiger partial charge is 0.139 e. The molecule has 0 fully saturated rings. The average molecular weight is 226 g/mol. The minimum absolute atomic E-state index is 0.692. The quantitative estimate of drug-likeness (QED) is 0.698. The van der Waals surface area contributed by atoms with Crippen molar-refractivity contribution in [2.45, 2.75) is 6.92 Å². The van der Waals surface area contributed by atoms with Gasteiger partial charge in [0, 0.05) is 0 Å². The summed E-state index contributed by atoms with van der Waals surface area (Å²) in [5, 5.41) is 0. The predicted octanol–water partition coefficient (Wildman–Crippen LogP) is 1.99. The van der Waals surface area contributed by atoms with Gasteiger partial charge in [-0.1, -0.05) is 6.07 Å². The van der Waals surface area contributed by atoms with Crippen molar-refractivity contribution >= 4 is 27.4 Å². The van der Waals surface area contributed by atoms with Gasteiger partial charge in [0.25, 0.3) is 0 Å². The van der Waals surface area contributed by atoms with E-state index in [1.807, 2.05) is 29.5 Å². The van der Waals surface area contributed by atoms with Gasteiger partial charge in [0.2, 0.25) is 0 Å². The molecule has 2 N–H and O–H groups in total. The van der Waals surface area contributed by atoms with Crippen LogP contribution in [-0.2, 0) is 0 Å². The van der Waals surface area contributed by atoms with Crippen LogP contribution in [0.15, 0.2) is 22.8 Å². The molecule has 0 aliphatic carbocycles.